The molecule has 3 N–H and O–H groups in total. The van der Waals surface area contributed by atoms with Crippen molar-refractivity contribution in [1.82, 2.24) is 0 Å². The van der Waals surface area contributed by atoms with Gasteiger partial charge in [-0.2, -0.15) is 0 Å². The first kappa shape index (κ1) is 15.2. The zero-order valence-corrected chi connectivity index (χ0v) is 12.6. The van der Waals surface area contributed by atoms with E-state index < -0.39 is 9.84 Å². The molecule has 1 atom stereocenters. The van der Waals surface area contributed by atoms with Gasteiger partial charge in [0.05, 0.1) is 4.90 Å². The zero-order valence-electron chi connectivity index (χ0n) is 11.7. The summed E-state index contributed by atoms with van der Waals surface area (Å²) in [4.78, 5) is 0.235. The van der Waals surface area contributed by atoms with Gasteiger partial charge in [-0.1, -0.05) is 6.07 Å². The Morgan fingerprint density at radius 1 is 1.05 bits per heavy atom. The van der Waals surface area contributed by atoms with Gasteiger partial charge in [0.15, 0.2) is 9.84 Å². The molecular formula is C15H17NO4S. The summed E-state index contributed by atoms with van der Waals surface area (Å²) in [7, 11) is -3.26. The summed E-state index contributed by atoms with van der Waals surface area (Å²) in [6.45, 7) is 1.85. The minimum atomic E-state index is -3.26. The summed E-state index contributed by atoms with van der Waals surface area (Å²) in [5.74, 6) is -0.0490. The van der Waals surface area contributed by atoms with Crippen molar-refractivity contribution in [3.05, 3.63) is 48.0 Å². The molecule has 5 nitrogen and oxygen atoms in total. The Kier molecular flexibility index (Phi) is 4.09. The van der Waals surface area contributed by atoms with E-state index in [2.05, 4.69) is 5.32 Å². The highest BCUT2D eigenvalue weighted by Crippen LogP contribution is 2.27. The second-order valence-corrected chi connectivity index (χ2v) is 6.96. The monoisotopic (exact) mass is 307 g/mol. The van der Waals surface area contributed by atoms with Gasteiger partial charge >= 0.3 is 0 Å². The van der Waals surface area contributed by atoms with E-state index in [-0.39, 0.29) is 22.4 Å². The Labute approximate surface area is 123 Å². The van der Waals surface area contributed by atoms with Crippen LogP contribution in [0, 0.1) is 0 Å². The molecular weight excluding hydrogens is 290 g/mol. The highest BCUT2D eigenvalue weighted by atomic mass is 32.2. The molecule has 0 fully saturated rings. The molecule has 0 aliphatic rings. The van der Waals surface area contributed by atoms with Crippen LogP contribution in [0.4, 0.5) is 5.69 Å². The molecule has 0 heterocycles. The number of rotatable bonds is 4. The highest BCUT2D eigenvalue weighted by Gasteiger charge is 2.11. The summed E-state index contributed by atoms with van der Waals surface area (Å²) in [6, 6.07) is 10.6. The molecule has 0 radical (unpaired) electrons. The van der Waals surface area contributed by atoms with Crippen molar-refractivity contribution in [3.8, 4) is 11.5 Å². The van der Waals surface area contributed by atoms with Crippen LogP contribution < -0.4 is 5.32 Å². The van der Waals surface area contributed by atoms with Crippen LogP contribution in [0.2, 0.25) is 0 Å². The van der Waals surface area contributed by atoms with Crippen LogP contribution in [-0.4, -0.2) is 24.9 Å². The minimum absolute atomic E-state index is 0.0245. The molecule has 0 aliphatic carbocycles. The van der Waals surface area contributed by atoms with Crippen LogP contribution in [0.5, 0.6) is 11.5 Å². The number of hydrogen-bond donors (Lipinski definition) is 3. The summed E-state index contributed by atoms with van der Waals surface area (Å²) in [6.07, 6.45) is 1.16. The molecule has 2 aromatic rings. The normalized spacial score (nSPS) is 12.9. The lowest BCUT2D eigenvalue weighted by Crippen LogP contribution is -2.07. The van der Waals surface area contributed by atoms with Gasteiger partial charge in [0, 0.05) is 24.1 Å². The second-order valence-electron chi connectivity index (χ2n) is 4.95. The second kappa shape index (κ2) is 5.65. The number of anilines is 1. The fourth-order valence-electron chi connectivity index (χ4n) is 2.02. The van der Waals surface area contributed by atoms with E-state index in [1.54, 1.807) is 18.2 Å². The largest absolute Gasteiger partial charge is 0.508 e. The quantitative estimate of drug-likeness (QED) is 0.808. The van der Waals surface area contributed by atoms with Crippen molar-refractivity contribution in [1.29, 1.82) is 0 Å². The summed E-state index contributed by atoms with van der Waals surface area (Å²) >= 11 is 0. The molecule has 6 heteroatoms. The summed E-state index contributed by atoms with van der Waals surface area (Å²) in [5, 5.41) is 22.1. The molecule has 0 spiro atoms. The SMILES string of the molecule is CC(Nc1cccc(S(C)(=O)=O)c1)c1cc(O)cc(O)c1. The van der Waals surface area contributed by atoms with Gasteiger partial charge in [0.1, 0.15) is 11.5 Å². The first-order valence-corrected chi connectivity index (χ1v) is 8.24. The maximum Gasteiger partial charge on any atom is 0.175 e. The maximum absolute atomic E-state index is 11.5. The smallest absolute Gasteiger partial charge is 0.175 e. The molecule has 21 heavy (non-hydrogen) atoms. The lowest BCUT2D eigenvalue weighted by Gasteiger charge is -2.17. The van der Waals surface area contributed by atoms with E-state index in [1.807, 2.05) is 6.92 Å². The van der Waals surface area contributed by atoms with Gasteiger partial charge in [-0.05, 0) is 42.8 Å². The van der Waals surface area contributed by atoms with Crippen molar-refractivity contribution in [2.24, 2.45) is 0 Å². The van der Waals surface area contributed by atoms with Gasteiger partial charge in [0.25, 0.3) is 0 Å². The van der Waals surface area contributed by atoms with E-state index in [0.29, 0.717) is 11.3 Å². The molecule has 0 amide bonds. The lowest BCUT2D eigenvalue weighted by atomic mass is 10.1. The number of phenols is 2. The molecule has 112 valence electrons. The van der Waals surface area contributed by atoms with Crippen LogP contribution >= 0.6 is 0 Å². The predicted octanol–water partition coefficient (Wildman–Crippen LogP) is 2.67. The van der Waals surface area contributed by atoms with Crippen LogP contribution in [0.25, 0.3) is 0 Å². The first-order chi connectivity index (χ1) is 9.75. The molecule has 0 aliphatic heterocycles. The van der Waals surface area contributed by atoms with E-state index in [0.717, 1.165) is 6.26 Å². The number of nitrogens with one attached hydrogen (secondary N) is 1. The van der Waals surface area contributed by atoms with Crippen LogP contribution in [0.15, 0.2) is 47.4 Å². The summed E-state index contributed by atoms with van der Waals surface area (Å²) in [5.41, 5.74) is 1.34. The van der Waals surface area contributed by atoms with Crippen molar-refractivity contribution in [2.75, 3.05) is 11.6 Å². The van der Waals surface area contributed by atoms with Crippen LogP contribution in [0.1, 0.15) is 18.5 Å². The number of aromatic hydroxyl groups is 2. The van der Waals surface area contributed by atoms with Crippen molar-refractivity contribution >= 4 is 15.5 Å². The Morgan fingerprint density at radius 2 is 1.67 bits per heavy atom. The van der Waals surface area contributed by atoms with Crippen molar-refractivity contribution in [3.63, 3.8) is 0 Å². The molecule has 0 bridgehead atoms. The Bertz CT molecular complexity index is 736. The first-order valence-electron chi connectivity index (χ1n) is 6.35. The maximum atomic E-state index is 11.5. The van der Waals surface area contributed by atoms with Gasteiger partial charge in [-0.3, -0.25) is 0 Å². The third kappa shape index (κ3) is 3.88. The molecule has 2 rings (SSSR count). The Hall–Kier alpha value is -2.21. The number of hydrogen-bond acceptors (Lipinski definition) is 5. The van der Waals surface area contributed by atoms with Gasteiger partial charge < -0.3 is 15.5 Å². The fourth-order valence-corrected chi connectivity index (χ4v) is 2.68. The standard InChI is InChI=1S/C15H17NO4S/c1-10(11-6-13(17)9-14(18)7-11)16-12-4-3-5-15(8-12)21(2,19)20/h3-10,16-18H,1-2H3. The molecule has 1 unspecified atom stereocenters. The highest BCUT2D eigenvalue weighted by molar-refractivity contribution is 7.90. The molecule has 0 aromatic heterocycles. The van der Waals surface area contributed by atoms with E-state index in [9.17, 15) is 18.6 Å². The average Bonchev–Trinajstić information content (AvgIpc) is 2.37. The van der Waals surface area contributed by atoms with Gasteiger partial charge in [-0.15, -0.1) is 0 Å². The predicted molar refractivity (Wildman–Crippen MR) is 81.4 cm³/mol. The van der Waals surface area contributed by atoms with Crippen LogP contribution in [-0.2, 0) is 9.84 Å². The molecule has 0 saturated heterocycles. The fraction of sp³-hybridized carbons (Fsp3) is 0.200. The topological polar surface area (TPSA) is 86.6 Å². The van der Waals surface area contributed by atoms with E-state index in [1.165, 1.54) is 24.3 Å². The third-order valence-electron chi connectivity index (χ3n) is 3.07. The van der Waals surface area contributed by atoms with Gasteiger partial charge in [0.2, 0.25) is 0 Å². The number of phenolic OH excluding ortho intramolecular Hbond substituents is 2. The van der Waals surface area contributed by atoms with Crippen molar-refractivity contribution in [2.45, 2.75) is 17.9 Å². The Balaban J connectivity index is 2.25. The molecule has 2 aromatic carbocycles. The van der Waals surface area contributed by atoms with Gasteiger partial charge in [-0.25, -0.2) is 8.42 Å². The Morgan fingerprint density at radius 3 is 2.24 bits per heavy atom. The van der Waals surface area contributed by atoms with Crippen LogP contribution in [0.3, 0.4) is 0 Å². The number of sulfone groups is 1. The minimum Gasteiger partial charge on any atom is -0.508 e. The third-order valence-corrected chi connectivity index (χ3v) is 4.18. The van der Waals surface area contributed by atoms with E-state index in [4.69, 9.17) is 0 Å². The number of benzene rings is 2. The average molecular weight is 307 g/mol. The molecule has 0 saturated carbocycles. The summed E-state index contributed by atoms with van der Waals surface area (Å²) < 4.78 is 23.1. The van der Waals surface area contributed by atoms with E-state index >= 15 is 0 Å². The lowest BCUT2D eigenvalue weighted by molar-refractivity contribution is 0.448. The van der Waals surface area contributed by atoms with Crippen molar-refractivity contribution < 1.29 is 18.6 Å². The zero-order chi connectivity index (χ0) is 15.6.